The van der Waals surface area contributed by atoms with E-state index in [2.05, 4.69) is 4.98 Å². The van der Waals surface area contributed by atoms with Crippen LogP contribution in [-0.2, 0) is 32.1 Å². The van der Waals surface area contributed by atoms with Gasteiger partial charge in [0.25, 0.3) is 0 Å². The van der Waals surface area contributed by atoms with Crippen molar-refractivity contribution in [1.82, 2.24) is 9.88 Å². The summed E-state index contributed by atoms with van der Waals surface area (Å²) >= 11 is 1.59. The van der Waals surface area contributed by atoms with Crippen molar-refractivity contribution in [3.63, 3.8) is 0 Å². The third-order valence-electron chi connectivity index (χ3n) is 4.26. The zero-order chi connectivity index (χ0) is 18.7. The standard InChI is InChI=1S/C18H28N2O5S/c1-18(2,3)25-17(21)20-9-12-16(13(10-20)22-4)26-14(19-12)11-24-15-7-5-6-8-23-15/h13,15H,5-11H2,1-4H3. The molecule has 3 rings (SSSR count). The third-order valence-corrected chi connectivity index (χ3v) is 5.42. The molecule has 1 aromatic rings. The smallest absolute Gasteiger partial charge is 0.410 e. The lowest BCUT2D eigenvalue weighted by atomic mass is 10.1. The maximum Gasteiger partial charge on any atom is 0.410 e. The minimum atomic E-state index is -0.527. The highest BCUT2D eigenvalue weighted by Gasteiger charge is 2.33. The van der Waals surface area contributed by atoms with E-state index in [1.54, 1.807) is 23.3 Å². The second kappa shape index (κ2) is 8.21. The minimum absolute atomic E-state index is 0.138. The van der Waals surface area contributed by atoms with E-state index in [4.69, 9.17) is 18.9 Å². The van der Waals surface area contributed by atoms with Gasteiger partial charge in [0, 0.05) is 13.7 Å². The number of hydrogen-bond acceptors (Lipinski definition) is 7. The fraction of sp³-hybridized carbons (Fsp3) is 0.778. The molecular formula is C18H28N2O5S. The number of carbonyl (C=O) groups is 1. The summed E-state index contributed by atoms with van der Waals surface area (Å²) in [5.74, 6) is 0. The lowest BCUT2D eigenvalue weighted by Gasteiger charge is -2.32. The average molecular weight is 384 g/mol. The van der Waals surface area contributed by atoms with Crippen LogP contribution in [-0.4, -0.2) is 48.1 Å². The predicted molar refractivity (Wildman–Crippen MR) is 96.9 cm³/mol. The number of thiazole rings is 1. The molecule has 0 bridgehead atoms. The monoisotopic (exact) mass is 384 g/mol. The van der Waals surface area contributed by atoms with Gasteiger partial charge in [0.05, 0.1) is 23.7 Å². The number of ether oxygens (including phenoxy) is 4. The van der Waals surface area contributed by atoms with Gasteiger partial charge in [0.2, 0.25) is 0 Å². The van der Waals surface area contributed by atoms with Gasteiger partial charge in [-0.3, -0.25) is 4.90 Å². The molecule has 146 valence electrons. The van der Waals surface area contributed by atoms with Crippen molar-refractivity contribution in [3.8, 4) is 0 Å². The SMILES string of the molecule is COC1CN(C(=O)OC(C)(C)C)Cc2nc(COC3CCCCO3)sc21. The van der Waals surface area contributed by atoms with E-state index in [1.165, 1.54) is 0 Å². The van der Waals surface area contributed by atoms with E-state index in [0.29, 0.717) is 19.7 Å². The Morgan fingerprint density at radius 3 is 2.85 bits per heavy atom. The summed E-state index contributed by atoms with van der Waals surface area (Å²) in [6.45, 7) is 7.66. The quantitative estimate of drug-likeness (QED) is 0.790. The first-order valence-corrected chi connectivity index (χ1v) is 9.90. The van der Waals surface area contributed by atoms with Crippen molar-refractivity contribution >= 4 is 17.4 Å². The van der Waals surface area contributed by atoms with E-state index in [9.17, 15) is 4.79 Å². The summed E-state index contributed by atoms with van der Waals surface area (Å²) in [5, 5.41) is 0.886. The number of nitrogens with zero attached hydrogens (tertiary/aromatic N) is 2. The van der Waals surface area contributed by atoms with Crippen molar-refractivity contribution in [3.05, 3.63) is 15.6 Å². The molecule has 2 atom stereocenters. The molecule has 26 heavy (non-hydrogen) atoms. The molecule has 2 aliphatic heterocycles. The molecule has 0 radical (unpaired) electrons. The third kappa shape index (κ3) is 4.94. The van der Waals surface area contributed by atoms with Gasteiger partial charge in [0.1, 0.15) is 23.3 Å². The molecule has 0 N–H and O–H groups in total. The molecule has 0 aliphatic carbocycles. The number of rotatable bonds is 4. The molecular weight excluding hydrogens is 356 g/mol. The second-order valence-corrected chi connectivity index (χ2v) is 8.73. The summed E-state index contributed by atoms with van der Waals surface area (Å²) < 4.78 is 22.5. The zero-order valence-electron chi connectivity index (χ0n) is 15.9. The predicted octanol–water partition coefficient (Wildman–Crippen LogP) is 3.62. The normalized spacial score (nSPS) is 23.6. The van der Waals surface area contributed by atoms with Gasteiger partial charge in [-0.1, -0.05) is 0 Å². The van der Waals surface area contributed by atoms with Crippen molar-refractivity contribution in [2.75, 3.05) is 20.3 Å². The Morgan fingerprint density at radius 1 is 1.38 bits per heavy atom. The van der Waals surface area contributed by atoms with Crippen molar-refractivity contribution in [2.24, 2.45) is 0 Å². The fourth-order valence-electron chi connectivity index (χ4n) is 3.02. The zero-order valence-corrected chi connectivity index (χ0v) is 16.8. The van der Waals surface area contributed by atoms with Gasteiger partial charge in [0.15, 0.2) is 6.29 Å². The van der Waals surface area contributed by atoms with Gasteiger partial charge < -0.3 is 18.9 Å². The Balaban J connectivity index is 1.65. The number of hydrogen-bond donors (Lipinski definition) is 0. The van der Waals surface area contributed by atoms with Crippen LogP contribution in [0.3, 0.4) is 0 Å². The largest absolute Gasteiger partial charge is 0.444 e. The Labute approximate surface area is 158 Å². The van der Waals surface area contributed by atoms with Crippen LogP contribution < -0.4 is 0 Å². The maximum absolute atomic E-state index is 12.4. The molecule has 1 amide bonds. The van der Waals surface area contributed by atoms with E-state index in [0.717, 1.165) is 41.4 Å². The van der Waals surface area contributed by atoms with Crippen molar-refractivity contribution in [1.29, 1.82) is 0 Å². The van der Waals surface area contributed by atoms with Gasteiger partial charge in [-0.2, -0.15) is 0 Å². The highest BCUT2D eigenvalue weighted by molar-refractivity contribution is 7.11. The first-order chi connectivity index (χ1) is 12.4. The van der Waals surface area contributed by atoms with Crippen LogP contribution in [0.5, 0.6) is 0 Å². The topological polar surface area (TPSA) is 70.1 Å². The second-order valence-electron chi connectivity index (χ2n) is 7.61. The molecule has 1 aromatic heterocycles. The Hall–Kier alpha value is -1.22. The summed E-state index contributed by atoms with van der Waals surface area (Å²) in [6.07, 6.45) is 2.49. The van der Waals surface area contributed by atoms with E-state index in [1.807, 2.05) is 20.8 Å². The fourth-order valence-corrected chi connectivity index (χ4v) is 4.09. The van der Waals surface area contributed by atoms with Crippen molar-refractivity contribution in [2.45, 2.75) is 71.2 Å². The summed E-state index contributed by atoms with van der Waals surface area (Å²) in [6, 6.07) is 0. The molecule has 3 heterocycles. The van der Waals surface area contributed by atoms with Gasteiger partial charge in [-0.15, -0.1) is 11.3 Å². The molecule has 1 saturated heterocycles. The van der Waals surface area contributed by atoms with Crippen LogP contribution in [0.15, 0.2) is 0 Å². The first-order valence-electron chi connectivity index (χ1n) is 9.08. The Bertz CT molecular complexity index is 622. The number of methoxy groups -OCH3 is 1. The molecule has 2 unspecified atom stereocenters. The number of carbonyl (C=O) groups excluding carboxylic acids is 1. The van der Waals surface area contributed by atoms with Crippen LogP contribution in [0, 0.1) is 0 Å². The van der Waals surface area contributed by atoms with Crippen LogP contribution in [0.4, 0.5) is 4.79 Å². The minimum Gasteiger partial charge on any atom is -0.444 e. The van der Waals surface area contributed by atoms with Crippen LogP contribution in [0.1, 0.15) is 61.7 Å². The molecule has 0 spiro atoms. The summed E-state index contributed by atoms with van der Waals surface area (Å²) in [7, 11) is 1.65. The van der Waals surface area contributed by atoms with Crippen LogP contribution in [0.25, 0.3) is 0 Å². The lowest BCUT2D eigenvalue weighted by Crippen LogP contribution is -2.41. The van der Waals surface area contributed by atoms with E-state index >= 15 is 0 Å². The molecule has 8 heteroatoms. The number of fused-ring (bicyclic) bond motifs is 1. The summed E-state index contributed by atoms with van der Waals surface area (Å²) in [4.78, 5) is 19.8. The number of aromatic nitrogens is 1. The highest BCUT2D eigenvalue weighted by Crippen LogP contribution is 2.34. The van der Waals surface area contributed by atoms with E-state index in [-0.39, 0.29) is 18.5 Å². The number of amides is 1. The maximum atomic E-state index is 12.4. The Morgan fingerprint density at radius 2 is 2.19 bits per heavy atom. The van der Waals surface area contributed by atoms with Crippen LogP contribution in [0.2, 0.25) is 0 Å². The molecule has 2 aliphatic rings. The summed E-state index contributed by atoms with van der Waals surface area (Å²) in [5.41, 5.74) is 0.336. The molecule has 1 fully saturated rings. The average Bonchev–Trinajstić information content (AvgIpc) is 3.01. The first kappa shape index (κ1) is 19.5. The lowest BCUT2D eigenvalue weighted by molar-refractivity contribution is -0.168. The van der Waals surface area contributed by atoms with E-state index < -0.39 is 5.60 Å². The van der Waals surface area contributed by atoms with Gasteiger partial charge in [-0.25, -0.2) is 9.78 Å². The van der Waals surface area contributed by atoms with Crippen LogP contribution >= 0.6 is 11.3 Å². The van der Waals surface area contributed by atoms with Crippen molar-refractivity contribution < 1.29 is 23.7 Å². The molecule has 0 aromatic carbocycles. The van der Waals surface area contributed by atoms with Gasteiger partial charge in [-0.05, 0) is 40.0 Å². The molecule has 7 nitrogen and oxygen atoms in total. The van der Waals surface area contributed by atoms with Gasteiger partial charge >= 0.3 is 6.09 Å². The molecule has 0 saturated carbocycles. The Kier molecular flexibility index (Phi) is 6.17. The highest BCUT2D eigenvalue weighted by atomic mass is 32.1.